The van der Waals surface area contributed by atoms with Gasteiger partial charge in [-0.1, -0.05) is 0 Å². The van der Waals surface area contributed by atoms with Gasteiger partial charge in [0.15, 0.2) is 11.5 Å². The highest BCUT2D eigenvalue weighted by atomic mass is 16.7. The standard InChI is InChI=1S/C14H13N3O3/c1-8-10(3-5-13(15)16-8)17-14(18)9-2-4-11-12(6-9)20-7-19-11/h2-6H,7H2,1H3,(H2,15,16)(H,17,18). The first-order valence-electron chi connectivity index (χ1n) is 6.07. The molecule has 1 aromatic carbocycles. The topological polar surface area (TPSA) is 86.5 Å². The minimum absolute atomic E-state index is 0.182. The fourth-order valence-corrected chi connectivity index (χ4v) is 1.94. The van der Waals surface area contributed by atoms with Crippen molar-refractivity contribution in [1.29, 1.82) is 0 Å². The van der Waals surface area contributed by atoms with Crippen LogP contribution in [0.5, 0.6) is 11.5 Å². The monoisotopic (exact) mass is 271 g/mol. The van der Waals surface area contributed by atoms with E-state index in [-0.39, 0.29) is 12.7 Å². The Bertz CT molecular complexity index is 685. The molecule has 0 saturated heterocycles. The lowest BCUT2D eigenvalue weighted by atomic mass is 10.2. The van der Waals surface area contributed by atoms with Crippen LogP contribution in [0.15, 0.2) is 30.3 Å². The summed E-state index contributed by atoms with van der Waals surface area (Å²) >= 11 is 0. The second-order valence-electron chi connectivity index (χ2n) is 4.39. The zero-order valence-corrected chi connectivity index (χ0v) is 10.8. The lowest BCUT2D eigenvalue weighted by molar-refractivity contribution is 0.102. The Labute approximate surface area is 115 Å². The molecule has 0 radical (unpaired) electrons. The molecule has 1 aliphatic heterocycles. The molecule has 2 aromatic rings. The molecule has 3 N–H and O–H groups in total. The third-order valence-corrected chi connectivity index (χ3v) is 2.99. The first-order valence-corrected chi connectivity index (χ1v) is 6.07. The summed E-state index contributed by atoms with van der Waals surface area (Å²) in [6.07, 6.45) is 0. The summed E-state index contributed by atoms with van der Waals surface area (Å²) in [6.45, 7) is 1.97. The molecule has 0 atom stereocenters. The molecular formula is C14H13N3O3. The summed E-state index contributed by atoms with van der Waals surface area (Å²) < 4.78 is 10.5. The maximum atomic E-state index is 12.2. The Morgan fingerprint density at radius 3 is 2.85 bits per heavy atom. The normalized spacial score (nSPS) is 12.2. The number of hydrogen-bond acceptors (Lipinski definition) is 5. The van der Waals surface area contributed by atoms with E-state index in [0.29, 0.717) is 34.3 Å². The molecule has 2 heterocycles. The number of carbonyl (C=O) groups is 1. The Kier molecular flexibility index (Phi) is 2.90. The van der Waals surface area contributed by atoms with E-state index in [0.717, 1.165) is 0 Å². The highest BCUT2D eigenvalue weighted by molar-refractivity contribution is 6.05. The molecule has 6 nitrogen and oxygen atoms in total. The van der Waals surface area contributed by atoms with E-state index in [1.165, 1.54) is 0 Å². The van der Waals surface area contributed by atoms with E-state index in [4.69, 9.17) is 15.2 Å². The zero-order valence-electron chi connectivity index (χ0n) is 10.8. The fourth-order valence-electron chi connectivity index (χ4n) is 1.94. The number of hydrogen-bond donors (Lipinski definition) is 2. The van der Waals surface area contributed by atoms with E-state index in [1.54, 1.807) is 37.3 Å². The number of carbonyl (C=O) groups excluding carboxylic acids is 1. The molecule has 0 unspecified atom stereocenters. The van der Waals surface area contributed by atoms with E-state index in [2.05, 4.69) is 10.3 Å². The number of nitrogens with zero attached hydrogens (tertiary/aromatic N) is 1. The highest BCUT2D eigenvalue weighted by Gasteiger charge is 2.16. The van der Waals surface area contributed by atoms with E-state index < -0.39 is 0 Å². The number of rotatable bonds is 2. The highest BCUT2D eigenvalue weighted by Crippen LogP contribution is 2.32. The summed E-state index contributed by atoms with van der Waals surface area (Å²) in [5, 5.41) is 2.79. The molecule has 1 aliphatic rings. The predicted molar refractivity (Wildman–Crippen MR) is 73.9 cm³/mol. The van der Waals surface area contributed by atoms with E-state index in [9.17, 15) is 4.79 Å². The molecule has 1 amide bonds. The van der Waals surface area contributed by atoms with Crippen LogP contribution in [0.4, 0.5) is 11.5 Å². The average molecular weight is 271 g/mol. The van der Waals surface area contributed by atoms with Gasteiger partial charge in [-0.3, -0.25) is 4.79 Å². The van der Waals surface area contributed by atoms with E-state index >= 15 is 0 Å². The van der Waals surface area contributed by atoms with Gasteiger partial charge in [-0.05, 0) is 37.3 Å². The van der Waals surface area contributed by atoms with Crippen LogP contribution >= 0.6 is 0 Å². The SMILES string of the molecule is Cc1nc(N)ccc1NC(=O)c1ccc2c(c1)OCO2. The summed E-state index contributed by atoms with van der Waals surface area (Å²) in [4.78, 5) is 16.3. The Morgan fingerprint density at radius 2 is 2.05 bits per heavy atom. The van der Waals surface area contributed by atoms with Crippen LogP contribution < -0.4 is 20.5 Å². The molecule has 0 aliphatic carbocycles. The van der Waals surface area contributed by atoms with Crippen molar-refractivity contribution in [3.05, 3.63) is 41.6 Å². The third kappa shape index (κ3) is 2.23. The maximum Gasteiger partial charge on any atom is 0.255 e. The number of nitrogens with two attached hydrogens (primary N) is 1. The number of benzene rings is 1. The van der Waals surface area contributed by atoms with Crippen LogP contribution in [0.25, 0.3) is 0 Å². The number of nitrogens with one attached hydrogen (secondary N) is 1. The van der Waals surface area contributed by atoms with Gasteiger partial charge in [-0.15, -0.1) is 0 Å². The first-order chi connectivity index (χ1) is 9.63. The first kappa shape index (κ1) is 12.3. The molecule has 1 aromatic heterocycles. The quantitative estimate of drug-likeness (QED) is 0.871. The van der Waals surface area contributed by atoms with Gasteiger partial charge in [-0.2, -0.15) is 0 Å². The second kappa shape index (κ2) is 4.73. The predicted octanol–water partition coefficient (Wildman–Crippen LogP) is 1.95. The number of nitrogen functional groups attached to an aromatic ring is 1. The van der Waals surface area contributed by atoms with Gasteiger partial charge < -0.3 is 20.5 Å². The fraction of sp³-hybridized carbons (Fsp3) is 0.143. The molecule has 0 saturated carbocycles. The number of amides is 1. The molecule has 6 heteroatoms. The van der Waals surface area contributed by atoms with Gasteiger partial charge in [0.25, 0.3) is 5.91 Å². The lowest BCUT2D eigenvalue weighted by Gasteiger charge is -2.08. The summed E-state index contributed by atoms with van der Waals surface area (Å²) in [6, 6.07) is 8.41. The Hall–Kier alpha value is -2.76. The molecular weight excluding hydrogens is 258 g/mol. The van der Waals surface area contributed by atoms with Gasteiger partial charge in [0.1, 0.15) is 5.82 Å². The van der Waals surface area contributed by atoms with Crippen molar-refractivity contribution >= 4 is 17.4 Å². The maximum absolute atomic E-state index is 12.2. The molecule has 0 fully saturated rings. The van der Waals surface area contributed by atoms with Gasteiger partial charge in [0.2, 0.25) is 6.79 Å². The Morgan fingerprint density at radius 1 is 1.25 bits per heavy atom. The minimum Gasteiger partial charge on any atom is -0.454 e. The average Bonchev–Trinajstić information content (AvgIpc) is 2.89. The molecule has 0 spiro atoms. The van der Waals surface area contributed by atoms with Crippen molar-refractivity contribution < 1.29 is 14.3 Å². The van der Waals surface area contributed by atoms with Crippen LogP contribution in [-0.2, 0) is 0 Å². The second-order valence-corrected chi connectivity index (χ2v) is 4.39. The summed E-state index contributed by atoms with van der Waals surface area (Å²) in [5.41, 5.74) is 7.36. The van der Waals surface area contributed by atoms with Crippen molar-refractivity contribution in [3.63, 3.8) is 0 Å². The smallest absolute Gasteiger partial charge is 0.255 e. The molecule has 20 heavy (non-hydrogen) atoms. The van der Waals surface area contributed by atoms with Crippen LogP contribution in [-0.4, -0.2) is 17.7 Å². The van der Waals surface area contributed by atoms with Crippen molar-refractivity contribution in [2.24, 2.45) is 0 Å². The lowest BCUT2D eigenvalue weighted by Crippen LogP contribution is -2.13. The van der Waals surface area contributed by atoms with Crippen LogP contribution in [0.1, 0.15) is 16.1 Å². The molecule has 102 valence electrons. The van der Waals surface area contributed by atoms with Crippen molar-refractivity contribution in [1.82, 2.24) is 4.98 Å². The molecule has 0 bridgehead atoms. The number of fused-ring (bicyclic) bond motifs is 1. The van der Waals surface area contributed by atoms with Crippen LogP contribution in [0, 0.1) is 6.92 Å². The van der Waals surface area contributed by atoms with Gasteiger partial charge in [0.05, 0.1) is 11.4 Å². The van der Waals surface area contributed by atoms with E-state index in [1.807, 2.05) is 0 Å². The zero-order chi connectivity index (χ0) is 14.1. The van der Waals surface area contributed by atoms with Crippen LogP contribution in [0.2, 0.25) is 0 Å². The number of aryl methyl sites for hydroxylation is 1. The minimum atomic E-state index is -0.238. The third-order valence-electron chi connectivity index (χ3n) is 2.99. The summed E-state index contributed by atoms with van der Waals surface area (Å²) in [7, 11) is 0. The van der Waals surface area contributed by atoms with Crippen LogP contribution in [0.3, 0.4) is 0 Å². The number of ether oxygens (including phenoxy) is 2. The van der Waals surface area contributed by atoms with Crippen molar-refractivity contribution in [2.45, 2.75) is 6.92 Å². The van der Waals surface area contributed by atoms with Gasteiger partial charge in [0, 0.05) is 5.56 Å². The molecule has 3 rings (SSSR count). The van der Waals surface area contributed by atoms with Crippen molar-refractivity contribution in [2.75, 3.05) is 17.8 Å². The number of pyridine rings is 1. The number of aromatic nitrogens is 1. The Balaban J connectivity index is 1.82. The van der Waals surface area contributed by atoms with Crippen molar-refractivity contribution in [3.8, 4) is 11.5 Å². The summed E-state index contributed by atoms with van der Waals surface area (Å²) in [5.74, 6) is 1.40. The largest absolute Gasteiger partial charge is 0.454 e. The number of anilines is 2. The van der Waals surface area contributed by atoms with Gasteiger partial charge >= 0.3 is 0 Å². The van der Waals surface area contributed by atoms with Gasteiger partial charge in [-0.25, -0.2) is 4.98 Å².